The van der Waals surface area contributed by atoms with Crippen LogP contribution in [0.1, 0.15) is 46.8 Å². The minimum Gasteiger partial charge on any atom is -0.396 e. The lowest BCUT2D eigenvalue weighted by Crippen LogP contribution is -2.29. The van der Waals surface area contributed by atoms with E-state index in [-0.39, 0.29) is 24.3 Å². The van der Waals surface area contributed by atoms with Gasteiger partial charge in [-0.1, -0.05) is 5.16 Å². The Morgan fingerprint density at radius 1 is 1.31 bits per heavy atom. The summed E-state index contributed by atoms with van der Waals surface area (Å²) in [5, 5.41) is 14.9. The van der Waals surface area contributed by atoms with Crippen molar-refractivity contribution in [2.45, 2.75) is 24.7 Å². The SMILES string of the molecule is O=C(c1ccc2[nH]ccc2c1)N1C[C@@H](CO)[C@H](c2nc(C3CC3)no2)C1. The van der Waals surface area contributed by atoms with E-state index in [4.69, 9.17) is 4.52 Å². The molecule has 1 aliphatic heterocycles. The first-order chi connectivity index (χ1) is 12.7. The molecule has 26 heavy (non-hydrogen) atoms. The standard InChI is InChI=1S/C19H20N4O3/c24-10-14-8-23(9-15(14)18-21-17(22-26-18)11-1-2-11)19(25)13-3-4-16-12(7-13)5-6-20-16/h3-7,11,14-15,20,24H,1-2,8-10H2/t14-,15+/m0/s1. The summed E-state index contributed by atoms with van der Waals surface area (Å²) in [4.78, 5) is 22.4. The number of rotatable bonds is 4. The number of nitrogens with zero attached hydrogens (tertiary/aromatic N) is 3. The average molecular weight is 352 g/mol. The van der Waals surface area contributed by atoms with Gasteiger partial charge in [-0.3, -0.25) is 4.79 Å². The molecule has 1 amide bonds. The number of benzene rings is 1. The van der Waals surface area contributed by atoms with E-state index in [1.165, 1.54) is 0 Å². The molecule has 1 aliphatic carbocycles. The number of nitrogens with one attached hydrogen (secondary N) is 1. The van der Waals surface area contributed by atoms with Crippen LogP contribution in [-0.2, 0) is 0 Å². The molecule has 2 fully saturated rings. The van der Waals surface area contributed by atoms with Gasteiger partial charge >= 0.3 is 0 Å². The van der Waals surface area contributed by atoms with E-state index in [0.717, 1.165) is 29.6 Å². The molecule has 2 atom stereocenters. The predicted molar refractivity (Wildman–Crippen MR) is 93.8 cm³/mol. The summed E-state index contributed by atoms with van der Waals surface area (Å²) < 4.78 is 5.45. The number of aromatic amines is 1. The lowest BCUT2D eigenvalue weighted by Gasteiger charge is -2.16. The zero-order valence-electron chi connectivity index (χ0n) is 14.3. The van der Waals surface area contributed by atoms with Crippen molar-refractivity contribution < 1.29 is 14.4 Å². The van der Waals surface area contributed by atoms with Crippen molar-refractivity contribution in [1.29, 1.82) is 0 Å². The molecule has 0 spiro atoms. The fourth-order valence-electron chi connectivity index (χ4n) is 3.78. The number of aliphatic hydroxyl groups is 1. The van der Waals surface area contributed by atoms with E-state index in [9.17, 15) is 9.90 Å². The van der Waals surface area contributed by atoms with E-state index in [0.29, 0.717) is 30.5 Å². The number of carbonyl (C=O) groups is 1. The zero-order chi connectivity index (χ0) is 17.7. The van der Waals surface area contributed by atoms with Gasteiger partial charge in [0, 0.05) is 54.2 Å². The van der Waals surface area contributed by atoms with Crippen LogP contribution in [0.3, 0.4) is 0 Å². The number of likely N-dealkylation sites (tertiary alicyclic amines) is 1. The van der Waals surface area contributed by atoms with Gasteiger partial charge in [0.25, 0.3) is 5.91 Å². The monoisotopic (exact) mass is 352 g/mol. The highest BCUT2D eigenvalue weighted by molar-refractivity contribution is 5.98. The summed E-state index contributed by atoms with van der Waals surface area (Å²) in [6.45, 7) is 0.973. The second-order valence-corrected chi connectivity index (χ2v) is 7.30. The molecule has 3 heterocycles. The molecule has 2 aromatic heterocycles. The van der Waals surface area contributed by atoms with Crippen molar-refractivity contribution >= 4 is 16.8 Å². The Bertz CT molecular complexity index is 959. The van der Waals surface area contributed by atoms with Crippen LogP contribution in [0.2, 0.25) is 0 Å². The normalized spacial score (nSPS) is 23.0. The van der Waals surface area contributed by atoms with Gasteiger partial charge in [0.05, 0.1) is 5.92 Å². The molecule has 0 radical (unpaired) electrons. The van der Waals surface area contributed by atoms with Crippen LogP contribution in [0.5, 0.6) is 0 Å². The van der Waals surface area contributed by atoms with Gasteiger partial charge in [0.15, 0.2) is 5.82 Å². The number of aliphatic hydroxyl groups excluding tert-OH is 1. The molecule has 0 bridgehead atoms. The Balaban J connectivity index is 1.38. The Morgan fingerprint density at radius 2 is 2.19 bits per heavy atom. The Kier molecular flexibility index (Phi) is 3.56. The van der Waals surface area contributed by atoms with Crippen molar-refractivity contribution in [3.8, 4) is 0 Å². The minimum absolute atomic E-state index is 0.00751. The van der Waals surface area contributed by atoms with Crippen molar-refractivity contribution in [1.82, 2.24) is 20.0 Å². The molecule has 1 saturated carbocycles. The molecule has 3 aromatic rings. The lowest BCUT2D eigenvalue weighted by atomic mass is 9.97. The largest absolute Gasteiger partial charge is 0.396 e. The molecular weight excluding hydrogens is 332 g/mol. The maximum atomic E-state index is 12.9. The van der Waals surface area contributed by atoms with Crippen LogP contribution < -0.4 is 0 Å². The third-order valence-electron chi connectivity index (χ3n) is 5.48. The van der Waals surface area contributed by atoms with Crippen LogP contribution in [0.25, 0.3) is 10.9 Å². The van der Waals surface area contributed by atoms with Gasteiger partial charge in [-0.05, 0) is 37.1 Å². The third-order valence-corrected chi connectivity index (χ3v) is 5.48. The van der Waals surface area contributed by atoms with Crippen LogP contribution in [0.4, 0.5) is 0 Å². The molecule has 134 valence electrons. The van der Waals surface area contributed by atoms with Gasteiger partial charge in [0.1, 0.15) is 0 Å². The summed E-state index contributed by atoms with van der Waals surface area (Å²) in [6, 6.07) is 7.60. The first kappa shape index (κ1) is 15.6. The van der Waals surface area contributed by atoms with Gasteiger partial charge in [-0.15, -0.1) is 0 Å². The Hall–Kier alpha value is -2.67. The fraction of sp³-hybridized carbons (Fsp3) is 0.421. The predicted octanol–water partition coefficient (Wildman–Crippen LogP) is 2.28. The smallest absolute Gasteiger partial charge is 0.253 e. The summed E-state index contributed by atoms with van der Waals surface area (Å²) >= 11 is 0. The number of H-pyrrole nitrogens is 1. The van der Waals surface area contributed by atoms with Crippen LogP contribution in [-0.4, -0.2) is 50.7 Å². The maximum absolute atomic E-state index is 12.9. The summed E-state index contributed by atoms with van der Waals surface area (Å²) in [5.41, 5.74) is 1.66. The summed E-state index contributed by atoms with van der Waals surface area (Å²) in [7, 11) is 0. The first-order valence-electron chi connectivity index (χ1n) is 9.03. The topological polar surface area (TPSA) is 95.2 Å². The van der Waals surface area contributed by atoms with Crippen molar-refractivity contribution in [3.63, 3.8) is 0 Å². The highest BCUT2D eigenvalue weighted by Crippen LogP contribution is 2.40. The molecule has 5 rings (SSSR count). The number of hydrogen-bond acceptors (Lipinski definition) is 5. The number of hydrogen-bond donors (Lipinski definition) is 2. The van der Waals surface area contributed by atoms with Gasteiger partial charge in [-0.2, -0.15) is 4.98 Å². The van der Waals surface area contributed by atoms with Crippen molar-refractivity contribution in [2.24, 2.45) is 5.92 Å². The number of amides is 1. The summed E-state index contributed by atoms with van der Waals surface area (Å²) in [6.07, 6.45) is 4.08. The molecule has 7 heteroatoms. The number of carbonyl (C=O) groups excluding carboxylic acids is 1. The third kappa shape index (κ3) is 2.59. The van der Waals surface area contributed by atoms with Crippen LogP contribution >= 0.6 is 0 Å². The van der Waals surface area contributed by atoms with Gasteiger partial charge in [-0.25, -0.2) is 0 Å². The summed E-state index contributed by atoms with van der Waals surface area (Å²) in [5.74, 6) is 1.51. The van der Waals surface area contributed by atoms with Crippen LogP contribution in [0, 0.1) is 5.92 Å². The van der Waals surface area contributed by atoms with E-state index < -0.39 is 0 Å². The lowest BCUT2D eigenvalue weighted by molar-refractivity contribution is 0.0781. The molecule has 7 nitrogen and oxygen atoms in total. The molecule has 1 aromatic carbocycles. The molecule has 2 N–H and O–H groups in total. The maximum Gasteiger partial charge on any atom is 0.253 e. The number of aromatic nitrogens is 3. The quantitative estimate of drug-likeness (QED) is 0.751. The van der Waals surface area contributed by atoms with E-state index in [1.54, 1.807) is 4.90 Å². The highest BCUT2D eigenvalue weighted by atomic mass is 16.5. The second-order valence-electron chi connectivity index (χ2n) is 7.30. The number of fused-ring (bicyclic) bond motifs is 1. The van der Waals surface area contributed by atoms with Gasteiger partial charge in [0.2, 0.25) is 5.89 Å². The zero-order valence-corrected chi connectivity index (χ0v) is 14.3. The molecule has 2 aliphatic rings. The minimum atomic E-state index is -0.111. The Labute approximate surface area is 150 Å². The van der Waals surface area contributed by atoms with Crippen molar-refractivity contribution in [3.05, 3.63) is 47.7 Å². The molecule has 0 unspecified atom stereocenters. The van der Waals surface area contributed by atoms with E-state index in [1.807, 2.05) is 30.5 Å². The van der Waals surface area contributed by atoms with E-state index in [2.05, 4.69) is 15.1 Å². The molecular formula is C19H20N4O3. The van der Waals surface area contributed by atoms with Crippen LogP contribution in [0.15, 0.2) is 35.0 Å². The second kappa shape index (κ2) is 5.95. The average Bonchev–Trinajstić information content (AvgIpc) is 3.10. The fourth-order valence-corrected chi connectivity index (χ4v) is 3.78. The molecule has 1 saturated heterocycles. The van der Waals surface area contributed by atoms with Gasteiger partial charge < -0.3 is 19.5 Å². The Morgan fingerprint density at radius 3 is 3.00 bits per heavy atom. The van der Waals surface area contributed by atoms with Crippen molar-refractivity contribution in [2.75, 3.05) is 19.7 Å². The van der Waals surface area contributed by atoms with E-state index >= 15 is 0 Å². The highest BCUT2D eigenvalue weighted by Gasteiger charge is 2.40. The first-order valence-corrected chi connectivity index (χ1v) is 9.03.